The van der Waals surface area contributed by atoms with Crippen LogP contribution in [0.25, 0.3) is 5.69 Å². The van der Waals surface area contributed by atoms with Crippen LogP contribution in [0.2, 0.25) is 0 Å². The molecule has 1 aromatic carbocycles. The summed E-state index contributed by atoms with van der Waals surface area (Å²) in [4.78, 5) is 12.2. The molecule has 0 unspecified atom stereocenters. The molecule has 0 aliphatic rings. The Morgan fingerprint density at radius 3 is 2.50 bits per heavy atom. The lowest BCUT2D eigenvalue weighted by Gasteiger charge is -2.08. The first-order valence-electron chi connectivity index (χ1n) is 6.21. The van der Waals surface area contributed by atoms with Crippen molar-refractivity contribution in [1.82, 2.24) is 4.57 Å². The van der Waals surface area contributed by atoms with Crippen molar-refractivity contribution >= 4 is 35.3 Å². The third-order valence-electron chi connectivity index (χ3n) is 2.77. The predicted octanol–water partition coefficient (Wildman–Crippen LogP) is 3.64. The molecule has 2 rings (SSSR count). The van der Waals surface area contributed by atoms with Crippen molar-refractivity contribution in [3.8, 4) is 5.69 Å². The molecule has 2 aromatic rings. The van der Waals surface area contributed by atoms with Gasteiger partial charge in [0.05, 0.1) is 6.61 Å². The van der Waals surface area contributed by atoms with E-state index < -0.39 is 5.97 Å². The summed E-state index contributed by atoms with van der Waals surface area (Å²) < 4.78 is 7.24. The number of nitrogens with two attached hydrogens (primary N) is 1. The number of hydrogen-bond acceptors (Lipinski definition) is 5. The molecule has 0 spiro atoms. The molecule has 20 heavy (non-hydrogen) atoms. The zero-order valence-corrected chi connectivity index (χ0v) is 13.2. The van der Waals surface area contributed by atoms with E-state index in [1.165, 1.54) is 11.3 Å². The smallest absolute Gasteiger partial charge is 0.352 e. The Hall–Kier alpha value is -1.66. The van der Waals surface area contributed by atoms with Gasteiger partial charge in [0.15, 0.2) is 8.83 Å². The molecule has 0 atom stereocenters. The largest absolute Gasteiger partial charge is 0.462 e. The van der Waals surface area contributed by atoms with E-state index in [0.29, 0.717) is 21.3 Å². The second-order valence-electron chi connectivity index (χ2n) is 4.48. The molecule has 0 aliphatic heterocycles. The van der Waals surface area contributed by atoms with E-state index in [2.05, 4.69) is 6.07 Å². The minimum Gasteiger partial charge on any atom is -0.462 e. The number of nitrogen functional groups attached to an aromatic ring is 1. The summed E-state index contributed by atoms with van der Waals surface area (Å²) >= 11 is 6.50. The summed E-state index contributed by atoms with van der Waals surface area (Å²) in [5.41, 5.74) is 9.18. The zero-order chi connectivity index (χ0) is 14.9. The van der Waals surface area contributed by atoms with Crippen LogP contribution in [0, 0.1) is 17.8 Å². The number of hydrogen-bond donors (Lipinski definition) is 1. The fourth-order valence-electron chi connectivity index (χ4n) is 2.05. The van der Waals surface area contributed by atoms with Crippen molar-refractivity contribution in [2.75, 3.05) is 12.3 Å². The third-order valence-corrected chi connectivity index (χ3v) is 4.14. The van der Waals surface area contributed by atoms with Crippen LogP contribution < -0.4 is 5.73 Å². The van der Waals surface area contributed by atoms with Crippen molar-refractivity contribution in [2.24, 2.45) is 0 Å². The summed E-state index contributed by atoms with van der Waals surface area (Å²) in [5.74, 6) is -0.0901. The van der Waals surface area contributed by atoms with E-state index in [-0.39, 0.29) is 0 Å². The Labute approximate surface area is 126 Å². The number of thiazole rings is 1. The second kappa shape index (κ2) is 5.76. The molecule has 0 aliphatic carbocycles. The fourth-order valence-corrected chi connectivity index (χ4v) is 3.31. The molecule has 2 N–H and O–H groups in total. The van der Waals surface area contributed by atoms with Gasteiger partial charge in [-0.25, -0.2) is 4.79 Å². The van der Waals surface area contributed by atoms with Crippen LogP contribution in [-0.2, 0) is 4.74 Å². The predicted molar refractivity (Wildman–Crippen MR) is 84.3 cm³/mol. The Kier molecular flexibility index (Phi) is 4.25. The molecule has 0 radical (unpaired) electrons. The molecule has 1 aromatic heterocycles. The lowest BCUT2D eigenvalue weighted by atomic mass is 10.1. The number of carbonyl (C=O) groups excluding carboxylic acids is 1. The number of aromatic nitrogens is 1. The van der Waals surface area contributed by atoms with Gasteiger partial charge in [0, 0.05) is 5.69 Å². The van der Waals surface area contributed by atoms with Gasteiger partial charge in [-0.05, 0) is 56.2 Å². The highest BCUT2D eigenvalue weighted by Gasteiger charge is 2.19. The average Bonchev–Trinajstić information content (AvgIpc) is 2.64. The molecule has 0 bridgehead atoms. The fraction of sp³-hybridized carbons (Fsp3) is 0.286. The lowest BCUT2D eigenvalue weighted by Crippen LogP contribution is -2.08. The van der Waals surface area contributed by atoms with Gasteiger partial charge in [-0.3, -0.25) is 4.57 Å². The third kappa shape index (κ3) is 2.76. The van der Waals surface area contributed by atoms with Gasteiger partial charge in [-0.1, -0.05) is 17.4 Å². The quantitative estimate of drug-likeness (QED) is 0.694. The van der Waals surface area contributed by atoms with E-state index in [1.54, 1.807) is 11.5 Å². The average molecular weight is 308 g/mol. The van der Waals surface area contributed by atoms with Crippen LogP contribution in [0.1, 0.15) is 27.7 Å². The Morgan fingerprint density at radius 1 is 1.35 bits per heavy atom. The minimum atomic E-state index is -0.427. The number of benzene rings is 1. The number of ether oxygens (including phenoxy) is 1. The molecule has 0 fully saturated rings. The van der Waals surface area contributed by atoms with Gasteiger partial charge in [-0.15, -0.1) is 0 Å². The van der Waals surface area contributed by atoms with Crippen LogP contribution in [0.4, 0.5) is 5.82 Å². The van der Waals surface area contributed by atoms with Gasteiger partial charge in [0.2, 0.25) is 0 Å². The van der Waals surface area contributed by atoms with E-state index in [9.17, 15) is 4.79 Å². The van der Waals surface area contributed by atoms with Gasteiger partial charge < -0.3 is 10.5 Å². The van der Waals surface area contributed by atoms with Crippen LogP contribution >= 0.6 is 23.6 Å². The maximum Gasteiger partial charge on any atom is 0.352 e. The molecule has 0 saturated heterocycles. The zero-order valence-electron chi connectivity index (χ0n) is 11.6. The molecule has 0 saturated carbocycles. The highest BCUT2D eigenvalue weighted by molar-refractivity contribution is 7.73. The number of nitrogens with zero attached hydrogens (tertiary/aromatic N) is 1. The van der Waals surface area contributed by atoms with Crippen molar-refractivity contribution < 1.29 is 9.53 Å². The van der Waals surface area contributed by atoms with Crippen LogP contribution in [0.5, 0.6) is 0 Å². The first kappa shape index (κ1) is 14.7. The van der Waals surface area contributed by atoms with Crippen LogP contribution in [-0.4, -0.2) is 17.1 Å². The van der Waals surface area contributed by atoms with Crippen LogP contribution in [0.3, 0.4) is 0 Å². The molecule has 0 amide bonds. The summed E-state index contributed by atoms with van der Waals surface area (Å²) in [6.45, 7) is 6.09. The van der Waals surface area contributed by atoms with Gasteiger partial charge in [-0.2, -0.15) is 0 Å². The number of anilines is 1. The Bertz CT molecular complexity index is 696. The molecule has 1 heterocycles. The lowest BCUT2D eigenvalue weighted by molar-refractivity contribution is 0.0533. The summed E-state index contributed by atoms with van der Waals surface area (Å²) in [6.07, 6.45) is 0. The van der Waals surface area contributed by atoms with Crippen LogP contribution in [0.15, 0.2) is 18.2 Å². The first-order valence-corrected chi connectivity index (χ1v) is 7.43. The highest BCUT2D eigenvalue weighted by atomic mass is 32.1. The number of rotatable bonds is 3. The van der Waals surface area contributed by atoms with Gasteiger partial charge in [0.25, 0.3) is 0 Å². The van der Waals surface area contributed by atoms with E-state index in [1.807, 2.05) is 26.0 Å². The highest BCUT2D eigenvalue weighted by Crippen LogP contribution is 2.27. The van der Waals surface area contributed by atoms with Crippen molar-refractivity contribution in [3.05, 3.63) is 38.2 Å². The minimum absolute atomic E-state index is 0.312. The molecule has 4 nitrogen and oxygen atoms in total. The van der Waals surface area contributed by atoms with E-state index in [4.69, 9.17) is 22.7 Å². The van der Waals surface area contributed by atoms with Crippen molar-refractivity contribution in [3.63, 3.8) is 0 Å². The summed E-state index contributed by atoms with van der Waals surface area (Å²) in [6, 6.07) is 6.05. The summed E-state index contributed by atoms with van der Waals surface area (Å²) in [5, 5.41) is 0. The Morgan fingerprint density at radius 2 is 1.95 bits per heavy atom. The normalized spacial score (nSPS) is 10.6. The Balaban J connectivity index is 2.58. The topological polar surface area (TPSA) is 57.2 Å². The molecule has 106 valence electrons. The molecule has 6 heteroatoms. The second-order valence-corrected chi connectivity index (χ2v) is 6.13. The summed E-state index contributed by atoms with van der Waals surface area (Å²) in [7, 11) is 0. The van der Waals surface area contributed by atoms with Crippen molar-refractivity contribution in [2.45, 2.75) is 20.8 Å². The standard InChI is InChI=1S/C14H16N2O2S2/c1-4-18-13(17)11-12(15)16(14(19)20-11)10-6-8(2)5-9(3)7-10/h5-7H,4,15H2,1-3H3. The van der Waals surface area contributed by atoms with Gasteiger partial charge >= 0.3 is 5.97 Å². The van der Waals surface area contributed by atoms with Crippen molar-refractivity contribution in [1.29, 1.82) is 0 Å². The first-order chi connectivity index (χ1) is 9.43. The number of esters is 1. The number of carbonyl (C=O) groups is 1. The van der Waals surface area contributed by atoms with E-state index >= 15 is 0 Å². The van der Waals surface area contributed by atoms with E-state index in [0.717, 1.165) is 16.8 Å². The maximum atomic E-state index is 11.8. The molecular weight excluding hydrogens is 292 g/mol. The number of aryl methyl sites for hydroxylation is 2. The molecular formula is C14H16N2O2S2. The maximum absolute atomic E-state index is 11.8. The van der Waals surface area contributed by atoms with Gasteiger partial charge in [0.1, 0.15) is 5.82 Å². The SMILES string of the molecule is CCOC(=O)c1sc(=S)n(-c2cc(C)cc(C)c2)c1N. The monoisotopic (exact) mass is 308 g/mol.